The van der Waals surface area contributed by atoms with E-state index in [0.717, 1.165) is 19.4 Å². The Hall–Kier alpha value is -1.30. The molecule has 0 spiro atoms. The quantitative estimate of drug-likeness (QED) is 0.783. The molecule has 2 saturated heterocycles. The van der Waals surface area contributed by atoms with Crippen LogP contribution in [0.15, 0.2) is 0 Å². The summed E-state index contributed by atoms with van der Waals surface area (Å²) >= 11 is 0. The van der Waals surface area contributed by atoms with Crippen molar-refractivity contribution < 1.29 is 19.1 Å². The molecule has 2 rings (SSSR count). The number of piperidine rings is 1. The lowest BCUT2D eigenvalue weighted by Crippen LogP contribution is -2.51. The van der Waals surface area contributed by atoms with Gasteiger partial charge in [0.15, 0.2) is 0 Å². The van der Waals surface area contributed by atoms with Gasteiger partial charge in [0.2, 0.25) is 5.91 Å². The molecule has 2 aliphatic rings. The lowest BCUT2D eigenvalue weighted by atomic mass is 9.91. The molecule has 2 aliphatic heterocycles. The SMILES string of the molecule is CN1C[C@@H](CC2COC(C)(C)N2C(=O)OC(C)(C)C)CCC1=O. The molecule has 132 valence electrons. The molecule has 0 aromatic heterocycles. The Kier molecular flexibility index (Phi) is 4.95. The summed E-state index contributed by atoms with van der Waals surface area (Å²) in [6, 6.07) is -0.00791. The summed E-state index contributed by atoms with van der Waals surface area (Å²) in [6.07, 6.45) is 1.97. The number of rotatable bonds is 2. The van der Waals surface area contributed by atoms with Crippen molar-refractivity contribution in [3.63, 3.8) is 0 Å². The fourth-order valence-corrected chi connectivity index (χ4v) is 3.41. The van der Waals surface area contributed by atoms with Gasteiger partial charge in [0.05, 0.1) is 12.6 Å². The number of carbonyl (C=O) groups is 2. The minimum atomic E-state index is -0.663. The molecule has 0 radical (unpaired) electrons. The van der Waals surface area contributed by atoms with Gasteiger partial charge in [0.25, 0.3) is 0 Å². The van der Waals surface area contributed by atoms with Crippen LogP contribution in [0.5, 0.6) is 0 Å². The number of ether oxygens (including phenoxy) is 2. The Labute approximate surface area is 139 Å². The third-order valence-corrected chi connectivity index (χ3v) is 4.49. The summed E-state index contributed by atoms with van der Waals surface area (Å²) in [7, 11) is 1.84. The molecule has 0 aliphatic carbocycles. The molecule has 2 amide bonds. The fraction of sp³-hybridized carbons (Fsp3) is 0.882. The van der Waals surface area contributed by atoms with Crippen molar-refractivity contribution in [3.05, 3.63) is 0 Å². The molecular weight excluding hydrogens is 296 g/mol. The number of amides is 2. The average Bonchev–Trinajstić information content (AvgIpc) is 2.67. The smallest absolute Gasteiger partial charge is 0.412 e. The summed E-state index contributed by atoms with van der Waals surface area (Å²) in [6.45, 7) is 10.7. The van der Waals surface area contributed by atoms with E-state index >= 15 is 0 Å². The first kappa shape index (κ1) is 18.0. The second kappa shape index (κ2) is 6.30. The first-order chi connectivity index (χ1) is 10.5. The van der Waals surface area contributed by atoms with Crippen LogP contribution in [-0.4, -0.2) is 59.4 Å². The molecule has 6 heteroatoms. The van der Waals surface area contributed by atoms with E-state index in [1.807, 2.05) is 41.7 Å². The largest absolute Gasteiger partial charge is 0.444 e. The molecule has 0 N–H and O–H groups in total. The second-order valence-electron chi connectivity index (χ2n) is 8.18. The van der Waals surface area contributed by atoms with Gasteiger partial charge in [-0.1, -0.05) is 0 Å². The van der Waals surface area contributed by atoms with Gasteiger partial charge >= 0.3 is 6.09 Å². The van der Waals surface area contributed by atoms with Crippen molar-refractivity contribution in [1.82, 2.24) is 9.80 Å². The Balaban J connectivity index is 2.05. The van der Waals surface area contributed by atoms with Crippen molar-refractivity contribution >= 4 is 12.0 Å². The zero-order valence-electron chi connectivity index (χ0n) is 15.2. The van der Waals surface area contributed by atoms with Crippen molar-refractivity contribution in [3.8, 4) is 0 Å². The van der Waals surface area contributed by atoms with Crippen LogP contribution in [0, 0.1) is 5.92 Å². The highest BCUT2D eigenvalue weighted by Gasteiger charge is 2.46. The number of nitrogens with zero attached hydrogens (tertiary/aromatic N) is 2. The van der Waals surface area contributed by atoms with Crippen LogP contribution in [0.3, 0.4) is 0 Å². The Morgan fingerprint density at radius 1 is 1.39 bits per heavy atom. The normalized spacial score (nSPS) is 28.2. The van der Waals surface area contributed by atoms with E-state index in [0.29, 0.717) is 18.9 Å². The fourth-order valence-electron chi connectivity index (χ4n) is 3.41. The minimum Gasteiger partial charge on any atom is -0.444 e. The highest BCUT2D eigenvalue weighted by atomic mass is 16.6. The van der Waals surface area contributed by atoms with Crippen molar-refractivity contribution in [1.29, 1.82) is 0 Å². The highest BCUT2D eigenvalue weighted by Crippen LogP contribution is 2.34. The zero-order valence-corrected chi connectivity index (χ0v) is 15.2. The highest BCUT2D eigenvalue weighted by molar-refractivity contribution is 5.76. The molecule has 2 atom stereocenters. The lowest BCUT2D eigenvalue weighted by Gasteiger charge is -2.37. The summed E-state index contributed by atoms with van der Waals surface area (Å²) < 4.78 is 11.4. The first-order valence-corrected chi connectivity index (χ1v) is 8.40. The topological polar surface area (TPSA) is 59.1 Å². The maximum atomic E-state index is 12.6. The molecule has 0 saturated carbocycles. The van der Waals surface area contributed by atoms with Crippen LogP contribution in [-0.2, 0) is 14.3 Å². The Bertz CT molecular complexity index is 470. The van der Waals surface area contributed by atoms with Crippen LogP contribution in [0.25, 0.3) is 0 Å². The van der Waals surface area contributed by atoms with E-state index in [1.54, 1.807) is 9.80 Å². The number of hydrogen-bond donors (Lipinski definition) is 0. The molecule has 23 heavy (non-hydrogen) atoms. The molecule has 2 fully saturated rings. The Morgan fingerprint density at radius 2 is 2.04 bits per heavy atom. The van der Waals surface area contributed by atoms with Crippen LogP contribution >= 0.6 is 0 Å². The van der Waals surface area contributed by atoms with Gasteiger partial charge in [-0.25, -0.2) is 4.79 Å². The maximum Gasteiger partial charge on any atom is 0.412 e. The van der Waals surface area contributed by atoms with Crippen LogP contribution in [0.4, 0.5) is 4.79 Å². The molecule has 0 aromatic carbocycles. The summed E-state index contributed by atoms with van der Waals surface area (Å²) in [4.78, 5) is 27.7. The van der Waals surface area contributed by atoms with Crippen LogP contribution < -0.4 is 0 Å². The predicted octanol–water partition coefficient (Wildman–Crippen LogP) is 2.62. The minimum absolute atomic E-state index is 0.00791. The third-order valence-electron chi connectivity index (χ3n) is 4.49. The van der Waals surface area contributed by atoms with Crippen molar-refractivity contribution in [2.45, 2.75) is 71.2 Å². The molecule has 1 unspecified atom stereocenters. The third kappa shape index (κ3) is 4.37. The van der Waals surface area contributed by atoms with Gasteiger partial charge in [-0.05, 0) is 53.4 Å². The van der Waals surface area contributed by atoms with Gasteiger partial charge in [-0.2, -0.15) is 0 Å². The number of likely N-dealkylation sites (tertiary alicyclic amines) is 1. The van der Waals surface area contributed by atoms with Crippen LogP contribution in [0.1, 0.15) is 53.9 Å². The van der Waals surface area contributed by atoms with Gasteiger partial charge < -0.3 is 14.4 Å². The van der Waals surface area contributed by atoms with Crippen molar-refractivity contribution in [2.75, 3.05) is 20.2 Å². The summed E-state index contributed by atoms with van der Waals surface area (Å²) in [5.74, 6) is 0.596. The van der Waals surface area contributed by atoms with E-state index in [2.05, 4.69) is 0 Å². The van der Waals surface area contributed by atoms with E-state index in [9.17, 15) is 9.59 Å². The van der Waals surface area contributed by atoms with Gasteiger partial charge in [-0.3, -0.25) is 9.69 Å². The maximum absolute atomic E-state index is 12.6. The second-order valence-corrected chi connectivity index (χ2v) is 8.18. The average molecular weight is 326 g/mol. The van der Waals surface area contributed by atoms with Gasteiger partial charge in [0.1, 0.15) is 11.3 Å². The standard InChI is InChI=1S/C17H30N2O4/c1-16(2,3)23-15(21)19-13(11-22-17(19,4)5)9-12-7-8-14(20)18(6)10-12/h12-13H,7-11H2,1-6H3/t12-,13?/m1/s1. The number of hydrogen-bond acceptors (Lipinski definition) is 4. The van der Waals surface area contributed by atoms with Crippen molar-refractivity contribution in [2.24, 2.45) is 5.92 Å². The predicted molar refractivity (Wildman–Crippen MR) is 86.9 cm³/mol. The van der Waals surface area contributed by atoms with E-state index in [4.69, 9.17) is 9.47 Å². The van der Waals surface area contributed by atoms with Gasteiger partial charge in [0, 0.05) is 20.0 Å². The van der Waals surface area contributed by atoms with E-state index in [1.165, 1.54) is 0 Å². The Morgan fingerprint density at radius 3 is 2.61 bits per heavy atom. The summed E-state index contributed by atoms with van der Waals surface area (Å²) in [5.41, 5.74) is -1.19. The summed E-state index contributed by atoms with van der Waals surface area (Å²) in [5, 5.41) is 0. The van der Waals surface area contributed by atoms with Crippen LogP contribution in [0.2, 0.25) is 0 Å². The van der Waals surface area contributed by atoms with E-state index < -0.39 is 11.3 Å². The number of carbonyl (C=O) groups excluding carboxylic acids is 2. The van der Waals surface area contributed by atoms with Gasteiger partial charge in [-0.15, -0.1) is 0 Å². The first-order valence-electron chi connectivity index (χ1n) is 8.40. The molecule has 0 bridgehead atoms. The molecule has 0 aromatic rings. The lowest BCUT2D eigenvalue weighted by molar-refractivity contribution is -0.133. The van der Waals surface area contributed by atoms with E-state index in [-0.39, 0.29) is 18.0 Å². The molecule has 2 heterocycles. The zero-order chi connectivity index (χ0) is 17.4. The molecule has 6 nitrogen and oxygen atoms in total. The molecular formula is C17H30N2O4. The monoisotopic (exact) mass is 326 g/mol.